The maximum atomic E-state index is 15.2. The Morgan fingerprint density at radius 1 is 0.403 bits per heavy atom. The zero-order chi connectivity index (χ0) is 104. The minimum absolute atomic E-state index is 0.00468. The number of benzene rings is 2. The molecule has 49 heteroatoms. The van der Waals surface area contributed by atoms with E-state index in [4.69, 9.17) is 55.5 Å². The maximum Gasteiger partial charge on any atom is 0.246 e. The standard InChI is InChI=1S/C90H139ClN22O24S2/c1-11-49(7)75(110-83(128)59(100-73(120)19-13-33-91)39-51-21-25-53(136-9)26-22-51)87(132)103-56(30-32-68(93)115)80(125)105-62(42-70(95)117)82(127)109-64(90(135)113-35-15-18-66(113)86(131)107-58(38-48(5)6)78(123)99-44-72(97)119)46-139-36-16-20-74(121)101-60(40-52-23-27-54(137-10)28-24-52)84(129)111-76(50(8)12-2)88(133)102-55(29-31-67(92)114)79(124)104-61(41-69(94)116)81(126)108-63(45-138)89(134)112-34-14-17-65(112)85(130)106-57(37-47(3)4)77(122)98-43-71(96)118/h21-28,47-50,55-66,75-76,138H,11-20,29-46H2,1-10H3,(H2,92,114)(H2,93,115)(H2,94,116)(H2,95,117)(H2,96,118)(H2,97,119)(H,98,122)(H,99,123)(H,100,120)(H,101,121)(H,102,133)(H,103,132)(H,104,124)(H,105,125)(H,106,130)(H,107,131)(H,108,126)(H,109,127)(H,110,128)(H,111,129). The van der Waals surface area contributed by atoms with Crippen LogP contribution >= 0.6 is 36.0 Å². The van der Waals surface area contributed by atoms with Crippen LogP contribution in [0.25, 0.3) is 0 Å². The van der Waals surface area contributed by atoms with E-state index in [1.165, 1.54) is 19.1 Å². The molecule has 26 N–H and O–H groups in total. The third-order valence-corrected chi connectivity index (χ3v) is 24.7. The van der Waals surface area contributed by atoms with E-state index in [1.807, 2.05) is 0 Å². The molecule has 139 heavy (non-hydrogen) atoms. The second-order valence-corrected chi connectivity index (χ2v) is 37.0. The van der Waals surface area contributed by atoms with Crippen LogP contribution in [0.3, 0.4) is 0 Å². The lowest BCUT2D eigenvalue weighted by molar-refractivity contribution is -0.142. The zero-order valence-corrected chi connectivity index (χ0v) is 82.7. The van der Waals surface area contributed by atoms with Gasteiger partial charge in [0.15, 0.2) is 0 Å². The Morgan fingerprint density at radius 2 is 0.748 bits per heavy atom. The van der Waals surface area contributed by atoms with Gasteiger partial charge >= 0.3 is 0 Å². The van der Waals surface area contributed by atoms with E-state index in [-0.39, 0.29) is 126 Å². The lowest BCUT2D eigenvalue weighted by Crippen LogP contribution is -2.61. The molecule has 772 valence electrons. The van der Waals surface area contributed by atoms with Crippen LogP contribution in [0.5, 0.6) is 11.5 Å². The summed E-state index contributed by atoms with van der Waals surface area (Å²) in [5.74, 6) is -21.8. The highest BCUT2D eigenvalue weighted by Gasteiger charge is 2.44. The van der Waals surface area contributed by atoms with Gasteiger partial charge in [0.25, 0.3) is 0 Å². The largest absolute Gasteiger partial charge is 0.497 e. The molecule has 2 heterocycles. The number of methoxy groups -OCH3 is 2. The number of nitrogens with zero attached hydrogens (tertiary/aromatic N) is 2. The summed E-state index contributed by atoms with van der Waals surface area (Å²) in [6.45, 7) is 12.5. The lowest BCUT2D eigenvalue weighted by atomic mass is 9.96. The van der Waals surface area contributed by atoms with Crippen LogP contribution in [0, 0.1) is 23.7 Å². The van der Waals surface area contributed by atoms with Crippen LogP contribution in [0.15, 0.2) is 48.5 Å². The van der Waals surface area contributed by atoms with Crippen molar-refractivity contribution in [2.24, 2.45) is 58.1 Å². The lowest BCUT2D eigenvalue weighted by Gasteiger charge is -2.31. The van der Waals surface area contributed by atoms with Crippen LogP contribution in [0.1, 0.15) is 182 Å². The first-order valence-corrected chi connectivity index (χ1v) is 48.5. The van der Waals surface area contributed by atoms with Gasteiger partial charge in [-0.3, -0.25) is 105 Å². The monoisotopic (exact) mass is 2010 g/mol. The number of amides is 22. The molecular weight excluding hydrogens is 1870 g/mol. The van der Waals surface area contributed by atoms with Gasteiger partial charge in [-0.15, -0.1) is 11.6 Å². The predicted molar refractivity (Wildman–Crippen MR) is 513 cm³/mol. The van der Waals surface area contributed by atoms with E-state index in [0.29, 0.717) is 29.0 Å². The summed E-state index contributed by atoms with van der Waals surface area (Å²) in [5.41, 5.74) is 34.0. The van der Waals surface area contributed by atoms with Gasteiger partial charge in [-0.2, -0.15) is 24.4 Å². The van der Waals surface area contributed by atoms with Crippen molar-refractivity contribution in [3.8, 4) is 11.5 Å². The molecule has 0 bridgehead atoms. The Hall–Kier alpha value is -12.6. The molecule has 0 saturated carbocycles. The van der Waals surface area contributed by atoms with Gasteiger partial charge in [0.2, 0.25) is 130 Å². The molecule has 0 radical (unpaired) electrons. The number of nitrogens with two attached hydrogens (primary N) is 6. The van der Waals surface area contributed by atoms with E-state index in [1.54, 1.807) is 104 Å². The molecule has 16 atom stereocenters. The molecule has 2 saturated heterocycles. The quantitative estimate of drug-likeness (QED) is 0.0168. The summed E-state index contributed by atoms with van der Waals surface area (Å²) in [7, 11) is 2.88. The van der Waals surface area contributed by atoms with Gasteiger partial charge < -0.3 is 128 Å². The molecule has 2 aliphatic rings. The van der Waals surface area contributed by atoms with Crippen LogP contribution in [-0.2, 0) is 118 Å². The Labute approximate surface area is 822 Å². The van der Waals surface area contributed by atoms with Crippen molar-refractivity contribution in [1.29, 1.82) is 0 Å². The number of alkyl halides is 1. The van der Waals surface area contributed by atoms with Crippen molar-refractivity contribution in [2.45, 2.75) is 268 Å². The molecule has 0 spiro atoms. The van der Waals surface area contributed by atoms with Crippen molar-refractivity contribution in [1.82, 2.24) is 84.2 Å². The number of ether oxygens (including phenoxy) is 2. The van der Waals surface area contributed by atoms with Gasteiger partial charge in [0, 0.05) is 69.0 Å². The Balaban J connectivity index is 1.67. The number of halogens is 1. The number of carbonyl (C=O) groups excluding carboxylic acids is 22. The number of likely N-dealkylation sites (tertiary alicyclic amines) is 2. The third-order valence-electron chi connectivity index (χ3n) is 22.9. The fourth-order valence-electron chi connectivity index (χ4n) is 15.1. The minimum atomic E-state index is -1.97. The van der Waals surface area contributed by atoms with E-state index in [2.05, 4.69) is 87.1 Å². The molecule has 22 amide bonds. The van der Waals surface area contributed by atoms with Crippen molar-refractivity contribution in [2.75, 3.05) is 63.5 Å². The topological polar surface area (TPSA) is 725 Å². The first kappa shape index (κ1) is 119. The Bertz CT molecular complexity index is 4600. The molecule has 0 aliphatic carbocycles. The summed E-state index contributed by atoms with van der Waals surface area (Å²) < 4.78 is 10.6. The second-order valence-electron chi connectivity index (χ2n) is 35.1. The highest BCUT2D eigenvalue weighted by molar-refractivity contribution is 7.99. The number of thiol groups is 1. The predicted octanol–water partition coefficient (Wildman–Crippen LogP) is -4.58. The molecule has 2 aliphatic heterocycles. The molecule has 2 aromatic rings. The summed E-state index contributed by atoms with van der Waals surface area (Å²) in [4.78, 5) is 305. The van der Waals surface area contributed by atoms with Crippen LogP contribution in [-0.4, -0.2) is 288 Å². The fourth-order valence-corrected chi connectivity index (χ4v) is 16.4. The summed E-state index contributed by atoms with van der Waals surface area (Å²) in [6, 6.07) is -8.07. The van der Waals surface area contributed by atoms with Gasteiger partial charge in [-0.25, -0.2) is 0 Å². The number of primary amides is 6. The molecule has 0 aromatic heterocycles. The SMILES string of the molecule is CCC(C)C(NC(=O)C(Cc1ccc(OC)cc1)NC(=O)CCCSCC(NC(=O)C(CC(N)=O)NC(=O)C(CCC(N)=O)NC(=O)C(NC(=O)C(Cc1ccc(OC)cc1)NC(=O)CCCCl)C(C)CC)C(=O)N1CCCC1C(=O)NC(CC(C)C)C(=O)NCC(N)=O)C(=O)NC(CCC(N)=O)C(=O)NC(CC(N)=O)C(=O)NC(CS)C(=O)N1CCCC1C(=O)NC(CC(C)C)C(=O)NCC(N)=O. The molecule has 16 unspecified atom stereocenters. The van der Waals surface area contributed by atoms with Crippen LogP contribution < -0.4 is 118 Å². The van der Waals surface area contributed by atoms with E-state index >= 15 is 4.79 Å². The highest BCUT2D eigenvalue weighted by atomic mass is 35.5. The van der Waals surface area contributed by atoms with Gasteiger partial charge in [0.05, 0.1) is 40.2 Å². The molecular formula is C90H139ClN22O24S2. The molecule has 4 rings (SSSR count). The highest BCUT2D eigenvalue weighted by Crippen LogP contribution is 2.25. The average molecular weight is 2010 g/mol. The van der Waals surface area contributed by atoms with Crippen LogP contribution in [0.4, 0.5) is 0 Å². The first-order valence-electron chi connectivity index (χ1n) is 46.2. The van der Waals surface area contributed by atoms with Gasteiger partial charge in [0.1, 0.15) is 96.1 Å². The molecule has 2 fully saturated rings. The number of hydrogen-bond acceptors (Lipinski definition) is 26. The summed E-state index contributed by atoms with van der Waals surface area (Å²) >= 11 is 11.2. The normalized spacial score (nSPS) is 16.3. The minimum Gasteiger partial charge on any atom is -0.497 e. The van der Waals surface area contributed by atoms with E-state index < -0.39 is 284 Å². The molecule has 2 aromatic carbocycles. The van der Waals surface area contributed by atoms with Gasteiger partial charge in [-0.1, -0.05) is 92.5 Å². The van der Waals surface area contributed by atoms with Crippen molar-refractivity contribution >= 4 is 166 Å². The smallest absolute Gasteiger partial charge is 0.246 e. The van der Waals surface area contributed by atoms with Gasteiger partial charge in [-0.05, 0) is 129 Å². The fraction of sp³-hybridized carbons (Fsp3) is 0.622. The second kappa shape index (κ2) is 61.0. The zero-order valence-electron chi connectivity index (χ0n) is 80.2. The average Bonchev–Trinajstić information content (AvgIpc) is 1.70. The van der Waals surface area contributed by atoms with Crippen molar-refractivity contribution < 1.29 is 115 Å². The molecule has 46 nitrogen and oxygen atoms in total. The van der Waals surface area contributed by atoms with Crippen molar-refractivity contribution in [3.05, 3.63) is 59.7 Å². The first-order chi connectivity index (χ1) is 65.7. The summed E-state index contributed by atoms with van der Waals surface area (Å²) in [6.07, 6.45) is -3.12. The number of rotatable bonds is 64. The number of carbonyl (C=O) groups is 22. The Morgan fingerprint density at radius 3 is 1.09 bits per heavy atom. The summed E-state index contributed by atoms with van der Waals surface area (Å²) in [5, 5.41) is 35.7. The van der Waals surface area contributed by atoms with Crippen molar-refractivity contribution in [3.63, 3.8) is 0 Å². The maximum absolute atomic E-state index is 15.2. The number of thioether (sulfide) groups is 1. The van der Waals surface area contributed by atoms with E-state index in [0.717, 1.165) is 16.7 Å². The third kappa shape index (κ3) is 41.9. The van der Waals surface area contributed by atoms with E-state index in [9.17, 15) is 101 Å². The number of nitrogens with one attached hydrogen (secondary N) is 14. The number of hydrogen-bond donors (Lipinski definition) is 21. The van der Waals surface area contributed by atoms with Crippen LogP contribution in [0.2, 0.25) is 0 Å². The Kier molecular flexibility index (Phi) is 52.0.